The first-order chi connectivity index (χ1) is 33.6. The number of hydrogen-bond acceptors (Lipinski definition) is 10. The van der Waals surface area contributed by atoms with Gasteiger partial charge in [0.25, 0.3) is 0 Å². The zero-order valence-corrected chi connectivity index (χ0v) is 47.4. The van der Waals surface area contributed by atoms with Gasteiger partial charge in [0.15, 0.2) is 0 Å². The van der Waals surface area contributed by atoms with E-state index in [1.165, 1.54) is 38.5 Å². The summed E-state index contributed by atoms with van der Waals surface area (Å²) < 4.78 is 53.2. The molecule has 70 heavy (non-hydrogen) atoms. The van der Waals surface area contributed by atoms with Gasteiger partial charge in [-0.2, -0.15) is 0 Å². The van der Waals surface area contributed by atoms with Gasteiger partial charge in [-0.1, -0.05) is 52.3 Å². The van der Waals surface area contributed by atoms with Gasteiger partial charge >= 0.3 is 151 Å². The molecule has 2 N–H and O–H groups in total. The second-order valence-corrected chi connectivity index (χ2v) is 34.3. The molecule has 0 saturated carbocycles. The molecule has 0 unspecified atom stereocenters. The molecule has 4 aromatic rings. The van der Waals surface area contributed by atoms with Crippen molar-refractivity contribution in [3.8, 4) is 22.6 Å². The predicted octanol–water partition coefficient (Wildman–Crippen LogP) is 10.9. The third-order valence-corrected chi connectivity index (χ3v) is 28.9. The predicted molar refractivity (Wildman–Crippen MR) is 287 cm³/mol. The maximum absolute atomic E-state index is 12.1. The Bertz CT molecular complexity index is 2280. The first-order valence-electron chi connectivity index (χ1n) is 25.4. The van der Waals surface area contributed by atoms with Crippen LogP contribution < -0.4 is 34.6 Å². The van der Waals surface area contributed by atoms with Crippen LogP contribution in [0.1, 0.15) is 124 Å². The van der Waals surface area contributed by atoms with Crippen LogP contribution in [-0.4, -0.2) is 95.5 Å². The molecule has 378 valence electrons. The van der Waals surface area contributed by atoms with E-state index in [-0.39, 0.29) is 18.8 Å². The van der Waals surface area contributed by atoms with Crippen LogP contribution in [0.15, 0.2) is 89.4 Å². The molecule has 0 fully saturated rings. The molecule has 2 amide bonds. The number of carbonyl (C=O) groups is 2. The summed E-state index contributed by atoms with van der Waals surface area (Å²) in [6.07, 6.45) is 6.85. The SMILES string of the molecule is CC(C)(C)OC(=O)NC[C@H]1OB2OCCOc3ccc(-c4ccccc4)c1c32.CC(C)(C)OC(=O)NC[C@H]1OB2OCCOc3ccc(Br)c1c32.CCC[CH2][Sn]([CH2]CCC)([CH2]CCC)[c]1ccccc1. The van der Waals surface area contributed by atoms with Crippen LogP contribution in [0.25, 0.3) is 11.1 Å². The number of halogens is 1. The molecular formula is C54H75B2BrN2O10Sn. The monoisotopic (exact) mass is 1130 g/mol. The van der Waals surface area contributed by atoms with E-state index in [0.717, 1.165) is 49.2 Å². The van der Waals surface area contributed by atoms with Crippen molar-refractivity contribution in [2.24, 2.45) is 0 Å². The van der Waals surface area contributed by atoms with Crippen molar-refractivity contribution in [3.63, 3.8) is 0 Å². The summed E-state index contributed by atoms with van der Waals surface area (Å²) in [7, 11) is -0.966. The molecule has 0 aromatic heterocycles. The summed E-state index contributed by atoms with van der Waals surface area (Å²) in [5.74, 6) is 1.54. The summed E-state index contributed by atoms with van der Waals surface area (Å²) in [6.45, 7) is 20.5. The Kier molecular flexibility index (Phi) is 20.9. The summed E-state index contributed by atoms with van der Waals surface area (Å²) in [6, 6.07) is 29.6. The number of benzene rings is 4. The minimum atomic E-state index is -2.10. The zero-order chi connectivity index (χ0) is 50.3. The number of unbranched alkanes of at least 4 members (excludes halogenated alkanes) is 3. The molecule has 16 heteroatoms. The van der Waals surface area contributed by atoms with Crippen molar-refractivity contribution in [3.05, 3.63) is 101 Å². The van der Waals surface area contributed by atoms with Crippen molar-refractivity contribution in [1.82, 2.24) is 10.6 Å². The van der Waals surface area contributed by atoms with E-state index in [4.69, 9.17) is 37.6 Å². The summed E-state index contributed by atoms with van der Waals surface area (Å²) in [5.41, 5.74) is 4.79. The first kappa shape index (κ1) is 55.6. The normalized spacial score (nSPS) is 16.9. The Labute approximate surface area is 430 Å². The number of ether oxygens (including phenoxy) is 4. The zero-order valence-electron chi connectivity index (χ0n) is 43.0. The van der Waals surface area contributed by atoms with Gasteiger partial charge in [-0.15, -0.1) is 0 Å². The van der Waals surface area contributed by atoms with Crippen LogP contribution >= 0.6 is 15.9 Å². The first-order valence-corrected chi connectivity index (χ1v) is 33.7. The van der Waals surface area contributed by atoms with Crippen LogP contribution in [0.3, 0.4) is 0 Å². The van der Waals surface area contributed by atoms with Gasteiger partial charge < -0.3 is 48.2 Å². The third-order valence-electron chi connectivity index (χ3n) is 12.5. The van der Waals surface area contributed by atoms with Crippen LogP contribution in [-0.2, 0) is 28.1 Å². The van der Waals surface area contributed by atoms with Crippen molar-refractivity contribution in [2.45, 2.75) is 138 Å². The van der Waals surface area contributed by atoms with Crippen molar-refractivity contribution in [1.29, 1.82) is 0 Å². The van der Waals surface area contributed by atoms with E-state index >= 15 is 0 Å². The molecule has 0 radical (unpaired) electrons. The topological polar surface area (TPSA) is 132 Å². The van der Waals surface area contributed by atoms with E-state index in [2.05, 4.69) is 89.8 Å². The van der Waals surface area contributed by atoms with Crippen molar-refractivity contribution < 1.29 is 47.2 Å². The molecule has 4 heterocycles. The van der Waals surface area contributed by atoms with E-state index < -0.39 is 56.0 Å². The number of hydrogen-bond donors (Lipinski definition) is 2. The third kappa shape index (κ3) is 15.4. The molecule has 12 nitrogen and oxygen atoms in total. The van der Waals surface area contributed by atoms with Gasteiger partial charge in [-0.3, -0.25) is 0 Å². The molecule has 0 spiro atoms. The number of alkyl carbamates (subject to hydrolysis) is 2. The molecule has 2 atom stereocenters. The number of rotatable bonds is 15. The summed E-state index contributed by atoms with van der Waals surface area (Å²) in [4.78, 5) is 24.0. The van der Waals surface area contributed by atoms with Gasteiger partial charge in [0.2, 0.25) is 0 Å². The fourth-order valence-electron chi connectivity index (χ4n) is 9.34. The fourth-order valence-corrected chi connectivity index (χ4v) is 25.9. The van der Waals surface area contributed by atoms with Gasteiger partial charge in [0, 0.05) is 28.5 Å². The molecular weight excluding hydrogens is 1060 g/mol. The fraction of sp³-hybridized carbons (Fsp3) is 0.519. The quantitative estimate of drug-likeness (QED) is 0.111. The van der Waals surface area contributed by atoms with Crippen molar-refractivity contribution >= 4 is 75.2 Å². The van der Waals surface area contributed by atoms with Crippen LogP contribution in [0.2, 0.25) is 13.3 Å². The van der Waals surface area contributed by atoms with Gasteiger partial charge in [-0.05, 0) is 82.0 Å². The Morgan fingerprint density at radius 1 is 0.614 bits per heavy atom. The standard InChI is InChI=1S/C21H24BNO5.C15H19BBrNO5.C6H5.3C4H9.Sn/c1-21(2,3)27-20(24)23-13-17-18-15(14-7-5-4-6-8-14)9-10-16-19(18)22(28-17)26-12-11-25-16;1-15(2,3)22-14(19)18-8-11-12-9(17)4-5-10-13(12)16(23-11)21-7-6-20-10;1-2-4-6-5-3-1;3*1-3-4-2;/h4-10,17H,11-13H2,1-3H3,(H,23,24);4-5,11H,6-8H2,1-3H3,(H,18,19);1-5H;3*1,3-4H2,2H3;/t17-;11-;;;;;/m11...../s1. The number of nitrogens with one attached hydrogen (secondary N) is 2. The van der Waals surface area contributed by atoms with Crippen molar-refractivity contribution in [2.75, 3.05) is 39.5 Å². The molecule has 4 aliphatic rings. The van der Waals surface area contributed by atoms with E-state index in [9.17, 15) is 9.59 Å². The maximum atomic E-state index is 12.1. The molecule has 4 aliphatic heterocycles. The summed E-state index contributed by atoms with van der Waals surface area (Å²) in [5, 5.41) is 5.56. The van der Waals surface area contributed by atoms with Gasteiger partial charge in [-0.25, -0.2) is 9.59 Å². The van der Waals surface area contributed by atoms with Gasteiger partial charge in [0.1, 0.15) is 35.9 Å². The molecule has 8 rings (SSSR count). The van der Waals surface area contributed by atoms with E-state index in [1.807, 2.05) is 84.0 Å². The van der Waals surface area contributed by atoms with Crippen LogP contribution in [0.4, 0.5) is 9.59 Å². The molecule has 0 aliphatic carbocycles. The average Bonchev–Trinajstić information content (AvgIpc) is 3.73. The number of carbonyl (C=O) groups excluding carboxylic acids is 2. The van der Waals surface area contributed by atoms with E-state index in [1.54, 1.807) is 16.9 Å². The van der Waals surface area contributed by atoms with E-state index in [0.29, 0.717) is 33.0 Å². The average molecular weight is 1130 g/mol. The molecule has 0 bridgehead atoms. The Morgan fingerprint density at radius 2 is 1.06 bits per heavy atom. The second kappa shape index (κ2) is 26.3. The molecule has 4 aromatic carbocycles. The summed E-state index contributed by atoms with van der Waals surface area (Å²) >= 11 is 1.45. The Balaban J connectivity index is 0.000000176. The number of amides is 2. The molecule has 0 saturated heterocycles. The second-order valence-electron chi connectivity index (χ2n) is 20.3. The van der Waals surface area contributed by atoms with Crippen LogP contribution in [0.5, 0.6) is 11.5 Å². The minimum absolute atomic E-state index is 0.283. The Hall–Kier alpha value is -3.73. The Morgan fingerprint density at radius 3 is 1.53 bits per heavy atom. The van der Waals surface area contributed by atoms with Gasteiger partial charge in [0.05, 0.1) is 25.4 Å². The van der Waals surface area contributed by atoms with Crippen LogP contribution in [0, 0.1) is 0 Å².